The minimum Gasteiger partial charge on any atom is -0.332 e. The summed E-state index contributed by atoms with van der Waals surface area (Å²) in [5.41, 5.74) is 0.400. The van der Waals surface area contributed by atoms with E-state index >= 15 is 0 Å². The molecule has 1 aromatic rings. The standard InChI is InChI=1S/C17H23FN2O3S/c1-12(2)9-19-7-8-20(16-11-24(22,23)10-15(16)19)17(21)13-3-5-14(18)6-4-13/h3-6,12,15-16H,7-11H2,1-2H3/t15-,16+/m0/s1. The third-order valence-corrected chi connectivity index (χ3v) is 6.44. The van der Waals surface area contributed by atoms with Crippen molar-refractivity contribution >= 4 is 15.7 Å². The summed E-state index contributed by atoms with van der Waals surface area (Å²) in [6.45, 7) is 6.21. The fraction of sp³-hybridized carbons (Fsp3) is 0.588. The molecule has 0 radical (unpaired) electrons. The normalized spacial score (nSPS) is 26.6. The Morgan fingerprint density at radius 2 is 1.79 bits per heavy atom. The molecule has 132 valence electrons. The zero-order valence-corrected chi connectivity index (χ0v) is 14.8. The summed E-state index contributed by atoms with van der Waals surface area (Å²) in [5, 5.41) is 0. The van der Waals surface area contributed by atoms with Gasteiger partial charge in [0.15, 0.2) is 9.84 Å². The highest BCUT2D eigenvalue weighted by Gasteiger charge is 2.48. The molecule has 0 aromatic heterocycles. The predicted molar refractivity (Wildman–Crippen MR) is 90.1 cm³/mol. The van der Waals surface area contributed by atoms with Crippen LogP contribution in [0.5, 0.6) is 0 Å². The van der Waals surface area contributed by atoms with Gasteiger partial charge >= 0.3 is 0 Å². The van der Waals surface area contributed by atoms with E-state index in [1.165, 1.54) is 24.3 Å². The number of carbonyl (C=O) groups excluding carboxylic acids is 1. The summed E-state index contributed by atoms with van der Waals surface area (Å²) in [4.78, 5) is 16.7. The molecule has 0 unspecified atom stereocenters. The van der Waals surface area contributed by atoms with Gasteiger partial charge in [-0.05, 0) is 30.2 Å². The number of halogens is 1. The number of fused-ring (bicyclic) bond motifs is 1. The van der Waals surface area contributed by atoms with E-state index in [-0.39, 0.29) is 29.5 Å². The topological polar surface area (TPSA) is 57.7 Å². The summed E-state index contributed by atoms with van der Waals surface area (Å²) in [6, 6.07) is 4.96. The molecule has 1 amide bonds. The highest BCUT2D eigenvalue weighted by Crippen LogP contribution is 2.28. The fourth-order valence-electron chi connectivity index (χ4n) is 3.73. The Labute approximate surface area is 142 Å². The van der Waals surface area contributed by atoms with E-state index in [4.69, 9.17) is 0 Å². The monoisotopic (exact) mass is 354 g/mol. The van der Waals surface area contributed by atoms with Gasteiger partial charge in [-0.2, -0.15) is 0 Å². The molecule has 2 saturated heterocycles. The van der Waals surface area contributed by atoms with Crippen molar-refractivity contribution in [3.8, 4) is 0 Å². The Morgan fingerprint density at radius 1 is 1.17 bits per heavy atom. The quantitative estimate of drug-likeness (QED) is 0.823. The first kappa shape index (κ1) is 17.4. The van der Waals surface area contributed by atoms with E-state index in [1.54, 1.807) is 4.90 Å². The van der Waals surface area contributed by atoms with Crippen molar-refractivity contribution in [1.82, 2.24) is 9.80 Å². The third kappa shape index (κ3) is 3.47. The molecule has 2 heterocycles. The van der Waals surface area contributed by atoms with Gasteiger partial charge in [-0.25, -0.2) is 12.8 Å². The number of rotatable bonds is 3. The van der Waals surface area contributed by atoms with Crippen LogP contribution >= 0.6 is 0 Å². The third-order valence-electron chi connectivity index (χ3n) is 4.74. The minimum absolute atomic E-state index is 0.0131. The molecule has 7 heteroatoms. The first-order valence-electron chi connectivity index (χ1n) is 8.28. The lowest BCUT2D eigenvalue weighted by Crippen LogP contribution is -2.61. The van der Waals surface area contributed by atoms with E-state index in [9.17, 15) is 17.6 Å². The Morgan fingerprint density at radius 3 is 2.42 bits per heavy atom. The minimum atomic E-state index is -3.15. The second-order valence-electron chi connectivity index (χ2n) is 7.11. The van der Waals surface area contributed by atoms with E-state index in [2.05, 4.69) is 18.7 Å². The second kappa shape index (κ2) is 6.44. The Balaban J connectivity index is 1.85. The molecular formula is C17H23FN2O3S. The van der Waals surface area contributed by atoms with Gasteiger partial charge in [-0.15, -0.1) is 0 Å². The summed E-state index contributed by atoms with van der Waals surface area (Å²) >= 11 is 0. The van der Waals surface area contributed by atoms with Crippen LogP contribution in [0.25, 0.3) is 0 Å². The van der Waals surface area contributed by atoms with Crippen molar-refractivity contribution in [1.29, 1.82) is 0 Å². The van der Waals surface area contributed by atoms with E-state index in [0.717, 1.165) is 6.54 Å². The predicted octanol–water partition coefficient (Wildman–Crippen LogP) is 1.41. The smallest absolute Gasteiger partial charge is 0.254 e. The maximum Gasteiger partial charge on any atom is 0.254 e. The lowest BCUT2D eigenvalue weighted by Gasteiger charge is -2.44. The van der Waals surface area contributed by atoms with Crippen molar-refractivity contribution in [2.24, 2.45) is 5.92 Å². The second-order valence-corrected chi connectivity index (χ2v) is 9.26. The number of nitrogens with zero attached hydrogens (tertiary/aromatic N) is 2. The van der Waals surface area contributed by atoms with Crippen molar-refractivity contribution in [2.45, 2.75) is 25.9 Å². The summed E-state index contributed by atoms with van der Waals surface area (Å²) in [6.07, 6.45) is 0. The number of benzene rings is 1. The molecule has 1 aromatic carbocycles. The van der Waals surface area contributed by atoms with Crippen LogP contribution in [0.3, 0.4) is 0 Å². The van der Waals surface area contributed by atoms with Gasteiger partial charge in [0.1, 0.15) is 5.82 Å². The molecule has 0 spiro atoms. The SMILES string of the molecule is CC(C)CN1CCN(C(=O)c2ccc(F)cc2)[C@@H]2CS(=O)(=O)C[C@@H]21. The van der Waals surface area contributed by atoms with E-state index in [1.807, 2.05) is 0 Å². The van der Waals surface area contributed by atoms with Crippen LogP contribution in [0, 0.1) is 11.7 Å². The van der Waals surface area contributed by atoms with Crippen molar-refractivity contribution in [2.75, 3.05) is 31.1 Å². The first-order chi connectivity index (χ1) is 11.3. The van der Waals surface area contributed by atoms with Crippen LogP contribution in [0.4, 0.5) is 4.39 Å². The molecule has 2 aliphatic rings. The molecule has 2 atom stereocenters. The summed E-state index contributed by atoms with van der Waals surface area (Å²) < 4.78 is 37.4. The Hall–Kier alpha value is -1.47. The molecule has 0 N–H and O–H groups in total. The lowest BCUT2D eigenvalue weighted by molar-refractivity contribution is 0.0297. The van der Waals surface area contributed by atoms with Gasteiger partial charge in [0.05, 0.1) is 17.5 Å². The molecule has 24 heavy (non-hydrogen) atoms. The zero-order valence-electron chi connectivity index (χ0n) is 14.0. The van der Waals surface area contributed by atoms with E-state index < -0.39 is 15.7 Å². The first-order valence-corrected chi connectivity index (χ1v) is 10.1. The highest BCUT2D eigenvalue weighted by atomic mass is 32.2. The molecule has 2 fully saturated rings. The van der Waals surface area contributed by atoms with Crippen LogP contribution in [0.2, 0.25) is 0 Å². The van der Waals surface area contributed by atoms with Gasteiger partial charge in [0.25, 0.3) is 5.91 Å². The maximum atomic E-state index is 13.1. The number of amides is 1. The highest BCUT2D eigenvalue weighted by molar-refractivity contribution is 7.91. The fourth-order valence-corrected chi connectivity index (χ4v) is 5.74. The number of hydrogen-bond acceptors (Lipinski definition) is 4. The van der Waals surface area contributed by atoms with E-state index in [0.29, 0.717) is 24.6 Å². The summed E-state index contributed by atoms with van der Waals surface area (Å²) in [5.74, 6) is -0.0502. The summed E-state index contributed by atoms with van der Waals surface area (Å²) in [7, 11) is -3.15. The van der Waals surface area contributed by atoms with Crippen molar-refractivity contribution in [3.05, 3.63) is 35.6 Å². The number of hydrogen-bond donors (Lipinski definition) is 0. The van der Waals surface area contributed by atoms with Crippen LogP contribution < -0.4 is 0 Å². The largest absolute Gasteiger partial charge is 0.332 e. The van der Waals surface area contributed by atoms with Crippen LogP contribution in [-0.4, -0.2) is 67.3 Å². The Bertz CT molecular complexity index is 718. The van der Waals surface area contributed by atoms with Gasteiger partial charge in [0.2, 0.25) is 0 Å². The average Bonchev–Trinajstić information content (AvgIpc) is 2.83. The molecular weight excluding hydrogens is 331 g/mol. The molecule has 5 nitrogen and oxygen atoms in total. The molecule has 0 aliphatic carbocycles. The van der Waals surface area contributed by atoms with Gasteiger partial charge < -0.3 is 4.90 Å². The number of carbonyl (C=O) groups is 1. The average molecular weight is 354 g/mol. The van der Waals surface area contributed by atoms with Gasteiger partial charge in [0, 0.05) is 31.2 Å². The number of piperazine rings is 1. The lowest BCUT2D eigenvalue weighted by atomic mass is 10.0. The van der Waals surface area contributed by atoms with Gasteiger partial charge in [-0.3, -0.25) is 9.69 Å². The van der Waals surface area contributed by atoms with Crippen molar-refractivity contribution < 1.29 is 17.6 Å². The molecule has 2 aliphatic heterocycles. The van der Waals surface area contributed by atoms with Gasteiger partial charge in [-0.1, -0.05) is 13.8 Å². The zero-order chi connectivity index (χ0) is 17.5. The molecule has 0 saturated carbocycles. The van der Waals surface area contributed by atoms with Crippen molar-refractivity contribution in [3.63, 3.8) is 0 Å². The molecule has 0 bridgehead atoms. The van der Waals surface area contributed by atoms with Crippen LogP contribution in [-0.2, 0) is 9.84 Å². The molecule has 3 rings (SSSR count). The Kier molecular flexibility index (Phi) is 4.66. The van der Waals surface area contributed by atoms with Crippen LogP contribution in [0.1, 0.15) is 24.2 Å². The number of sulfone groups is 1. The van der Waals surface area contributed by atoms with Crippen LogP contribution in [0.15, 0.2) is 24.3 Å². The maximum absolute atomic E-state index is 13.1.